The maximum atomic E-state index is 11.7. The molecule has 0 saturated heterocycles. The molecule has 96 valence electrons. The summed E-state index contributed by atoms with van der Waals surface area (Å²) in [4.78, 5) is 11.7. The van der Waals surface area contributed by atoms with E-state index in [0.717, 1.165) is 10.0 Å². The van der Waals surface area contributed by atoms with Crippen molar-refractivity contribution < 1.29 is 9.90 Å². The number of carbonyl (C=O) groups is 1. The summed E-state index contributed by atoms with van der Waals surface area (Å²) in [6, 6.07) is 14.0. The summed E-state index contributed by atoms with van der Waals surface area (Å²) in [5.74, 6) is -0.0478. The van der Waals surface area contributed by atoms with E-state index >= 15 is 0 Å². The number of anilines is 1. The molecule has 0 aliphatic carbocycles. The SMILES string of the molecule is O=C(C=Cc1cccc(Br)c1)Nc1ccc(O)cc1. The number of aromatic hydroxyl groups is 1. The smallest absolute Gasteiger partial charge is 0.248 e. The number of phenolic OH excluding ortho intramolecular Hbond substituents is 1. The van der Waals surface area contributed by atoms with E-state index in [2.05, 4.69) is 21.2 Å². The van der Waals surface area contributed by atoms with E-state index in [9.17, 15) is 4.79 Å². The molecule has 0 atom stereocenters. The van der Waals surface area contributed by atoms with Gasteiger partial charge in [0, 0.05) is 16.2 Å². The first-order valence-electron chi connectivity index (χ1n) is 5.67. The zero-order valence-corrected chi connectivity index (χ0v) is 11.6. The molecule has 2 rings (SSSR count). The molecule has 3 nitrogen and oxygen atoms in total. The molecule has 2 aromatic carbocycles. The number of phenols is 1. The number of amides is 1. The quantitative estimate of drug-likeness (QED) is 0.668. The van der Waals surface area contributed by atoms with Gasteiger partial charge in [-0.05, 0) is 48.0 Å². The highest BCUT2D eigenvalue weighted by Gasteiger charge is 1.98. The van der Waals surface area contributed by atoms with E-state index in [0.29, 0.717) is 5.69 Å². The number of nitrogens with one attached hydrogen (secondary N) is 1. The van der Waals surface area contributed by atoms with Crippen molar-refractivity contribution in [1.82, 2.24) is 0 Å². The maximum Gasteiger partial charge on any atom is 0.248 e. The minimum atomic E-state index is -0.217. The van der Waals surface area contributed by atoms with Crippen molar-refractivity contribution in [2.75, 3.05) is 5.32 Å². The van der Waals surface area contributed by atoms with Gasteiger partial charge in [0.15, 0.2) is 0 Å². The Kier molecular flexibility index (Phi) is 4.36. The van der Waals surface area contributed by atoms with E-state index in [1.54, 1.807) is 18.2 Å². The Labute approximate surface area is 119 Å². The molecule has 0 saturated carbocycles. The van der Waals surface area contributed by atoms with Crippen molar-refractivity contribution in [2.24, 2.45) is 0 Å². The van der Waals surface area contributed by atoms with Gasteiger partial charge in [-0.25, -0.2) is 0 Å². The zero-order valence-electron chi connectivity index (χ0n) is 10.0. The monoisotopic (exact) mass is 317 g/mol. The average molecular weight is 318 g/mol. The van der Waals surface area contributed by atoms with Crippen LogP contribution >= 0.6 is 15.9 Å². The predicted molar refractivity (Wildman–Crippen MR) is 79.9 cm³/mol. The summed E-state index contributed by atoms with van der Waals surface area (Å²) in [7, 11) is 0. The first-order chi connectivity index (χ1) is 9.13. The van der Waals surface area contributed by atoms with Crippen molar-refractivity contribution in [2.45, 2.75) is 0 Å². The van der Waals surface area contributed by atoms with Crippen LogP contribution in [0.2, 0.25) is 0 Å². The van der Waals surface area contributed by atoms with Gasteiger partial charge in [-0.1, -0.05) is 28.1 Å². The molecular weight excluding hydrogens is 306 g/mol. The predicted octanol–water partition coefficient (Wildman–Crippen LogP) is 3.81. The molecule has 4 heteroatoms. The molecule has 0 fully saturated rings. The fourth-order valence-corrected chi connectivity index (χ4v) is 1.93. The van der Waals surface area contributed by atoms with Crippen molar-refractivity contribution in [3.63, 3.8) is 0 Å². The molecule has 0 heterocycles. The summed E-state index contributed by atoms with van der Waals surface area (Å²) in [5.41, 5.74) is 1.58. The van der Waals surface area contributed by atoms with Crippen LogP contribution in [0.4, 0.5) is 5.69 Å². The molecule has 19 heavy (non-hydrogen) atoms. The van der Waals surface area contributed by atoms with Gasteiger partial charge in [0.05, 0.1) is 0 Å². The van der Waals surface area contributed by atoms with Gasteiger partial charge in [-0.15, -0.1) is 0 Å². The second kappa shape index (κ2) is 6.20. The number of carbonyl (C=O) groups excluding carboxylic acids is 1. The minimum absolute atomic E-state index is 0.169. The van der Waals surface area contributed by atoms with E-state index in [4.69, 9.17) is 5.11 Å². The lowest BCUT2D eigenvalue weighted by atomic mass is 10.2. The topological polar surface area (TPSA) is 49.3 Å². The van der Waals surface area contributed by atoms with Crippen LogP contribution in [0.3, 0.4) is 0 Å². The van der Waals surface area contributed by atoms with Crippen LogP contribution in [-0.2, 0) is 4.79 Å². The Morgan fingerprint density at radius 2 is 1.89 bits per heavy atom. The van der Waals surface area contributed by atoms with Crippen molar-refractivity contribution in [1.29, 1.82) is 0 Å². The lowest BCUT2D eigenvalue weighted by molar-refractivity contribution is -0.111. The first-order valence-corrected chi connectivity index (χ1v) is 6.46. The fraction of sp³-hybridized carbons (Fsp3) is 0. The molecule has 0 aromatic heterocycles. The minimum Gasteiger partial charge on any atom is -0.508 e. The summed E-state index contributed by atoms with van der Waals surface area (Å²) in [6.07, 6.45) is 3.20. The largest absolute Gasteiger partial charge is 0.508 e. The van der Waals surface area contributed by atoms with Crippen LogP contribution in [0.1, 0.15) is 5.56 Å². The molecule has 0 bridgehead atoms. The standard InChI is InChI=1S/C15H12BrNO2/c16-12-3-1-2-11(10-12)4-9-15(19)17-13-5-7-14(18)8-6-13/h1-10,18H,(H,17,19). The highest BCUT2D eigenvalue weighted by atomic mass is 79.9. The maximum absolute atomic E-state index is 11.7. The Morgan fingerprint density at radius 3 is 2.58 bits per heavy atom. The molecule has 0 aliphatic heterocycles. The van der Waals surface area contributed by atoms with Crippen LogP contribution in [0.5, 0.6) is 5.75 Å². The van der Waals surface area contributed by atoms with E-state index in [-0.39, 0.29) is 11.7 Å². The molecule has 0 radical (unpaired) electrons. The second-order valence-corrected chi connectivity index (χ2v) is 4.84. The van der Waals surface area contributed by atoms with Gasteiger partial charge in [-0.2, -0.15) is 0 Å². The second-order valence-electron chi connectivity index (χ2n) is 3.92. The molecule has 2 aromatic rings. The van der Waals surface area contributed by atoms with E-state index < -0.39 is 0 Å². The molecule has 2 N–H and O–H groups in total. The summed E-state index contributed by atoms with van der Waals surface area (Å²) in [5, 5.41) is 11.8. The lowest BCUT2D eigenvalue weighted by Gasteiger charge is -2.01. The van der Waals surface area contributed by atoms with Crippen LogP contribution in [0.25, 0.3) is 6.08 Å². The van der Waals surface area contributed by atoms with E-state index in [1.165, 1.54) is 18.2 Å². The molecule has 0 spiro atoms. The van der Waals surface area contributed by atoms with Crippen molar-refractivity contribution in [3.05, 3.63) is 64.6 Å². The number of benzene rings is 2. The molecule has 0 unspecified atom stereocenters. The van der Waals surface area contributed by atoms with Gasteiger partial charge in [-0.3, -0.25) is 4.79 Å². The first kappa shape index (κ1) is 13.4. The number of rotatable bonds is 3. The van der Waals surface area contributed by atoms with Crippen molar-refractivity contribution >= 4 is 33.6 Å². The number of hydrogen-bond acceptors (Lipinski definition) is 2. The van der Waals surface area contributed by atoms with Crippen molar-refractivity contribution in [3.8, 4) is 5.75 Å². The van der Waals surface area contributed by atoms with Gasteiger partial charge in [0.2, 0.25) is 5.91 Å². The summed E-state index contributed by atoms with van der Waals surface area (Å²) >= 11 is 3.37. The van der Waals surface area contributed by atoms with Gasteiger partial charge in [0.25, 0.3) is 0 Å². The summed E-state index contributed by atoms with van der Waals surface area (Å²) < 4.78 is 0.966. The average Bonchev–Trinajstić information content (AvgIpc) is 2.39. The third-order valence-electron chi connectivity index (χ3n) is 2.41. The Hall–Kier alpha value is -2.07. The summed E-state index contributed by atoms with van der Waals surface area (Å²) in [6.45, 7) is 0. The van der Waals surface area contributed by atoms with Crippen LogP contribution in [0.15, 0.2) is 59.1 Å². The highest BCUT2D eigenvalue weighted by molar-refractivity contribution is 9.10. The van der Waals surface area contributed by atoms with E-state index in [1.807, 2.05) is 24.3 Å². The van der Waals surface area contributed by atoms with Crippen LogP contribution < -0.4 is 5.32 Å². The molecular formula is C15H12BrNO2. The van der Waals surface area contributed by atoms with Crippen LogP contribution in [-0.4, -0.2) is 11.0 Å². The van der Waals surface area contributed by atoms with Gasteiger partial charge in [0.1, 0.15) is 5.75 Å². The number of halogens is 1. The third-order valence-corrected chi connectivity index (χ3v) is 2.90. The molecule has 1 amide bonds. The number of hydrogen-bond donors (Lipinski definition) is 2. The normalized spacial score (nSPS) is 10.6. The lowest BCUT2D eigenvalue weighted by Crippen LogP contribution is -2.07. The van der Waals surface area contributed by atoms with Crippen LogP contribution in [0, 0.1) is 0 Å². The zero-order chi connectivity index (χ0) is 13.7. The Balaban J connectivity index is 1.99. The van der Waals surface area contributed by atoms with Gasteiger partial charge >= 0.3 is 0 Å². The Morgan fingerprint density at radius 1 is 1.16 bits per heavy atom. The molecule has 0 aliphatic rings. The Bertz CT molecular complexity index is 606. The highest BCUT2D eigenvalue weighted by Crippen LogP contribution is 2.14. The fourth-order valence-electron chi connectivity index (χ4n) is 1.51. The third kappa shape index (κ3) is 4.26. The van der Waals surface area contributed by atoms with Gasteiger partial charge < -0.3 is 10.4 Å².